The summed E-state index contributed by atoms with van der Waals surface area (Å²) in [6.45, 7) is 5.52. The molecule has 0 aliphatic heterocycles. The molecular weight excluding hydrogens is 416 g/mol. The number of aliphatic hydroxyl groups excluding tert-OH is 1. The molecule has 2 aromatic rings. The molecule has 0 aromatic carbocycles. The standard InChI is InChI=1S/C6H8BrNOS.C5H4BrNOS/c1-3(9)5-6(7)8-4(2)10-5;1-3-7-5(6)4(2-8)9-3/h3,9H,1-2H3;2H,1H3. The molecular formula is C11H12Br2N2O2S2. The third-order valence-corrected chi connectivity index (χ3v) is 5.69. The summed E-state index contributed by atoms with van der Waals surface area (Å²) in [4.78, 5) is 19.8. The molecule has 0 aliphatic rings. The van der Waals surface area contributed by atoms with Crippen molar-refractivity contribution in [2.45, 2.75) is 26.9 Å². The predicted octanol–water partition coefficient (Wildman–Crippen LogP) is 4.29. The summed E-state index contributed by atoms with van der Waals surface area (Å²) in [6.07, 6.45) is 0.384. The minimum atomic E-state index is -0.416. The lowest BCUT2D eigenvalue weighted by atomic mass is 10.4. The van der Waals surface area contributed by atoms with Crippen LogP contribution in [0.1, 0.15) is 37.6 Å². The first-order valence-corrected chi connectivity index (χ1v) is 8.46. The number of aldehydes is 1. The van der Waals surface area contributed by atoms with Crippen LogP contribution in [0.5, 0.6) is 0 Å². The zero-order valence-corrected chi connectivity index (χ0v) is 15.3. The maximum atomic E-state index is 10.2. The molecule has 2 heterocycles. The van der Waals surface area contributed by atoms with Gasteiger partial charge in [-0.2, -0.15) is 0 Å². The first kappa shape index (κ1) is 16.9. The third kappa shape index (κ3) is 5.03. The topological polar surface area (TPSA) is 63.1 Å². The van der Waals surface area contributed by atoms with E-state index >= 15 is 0 Å². The molecule has 0 radical (unpaired) electrons. The zero-order valence-electron chi connectivity index (χ0n) is 10.5. The molecule has 0 spiro atoms. The van der Waals surface area contributed by atoms with Crippen molar-refractivity contribution < 1.29 is 9.90 Å². The number of nitrogens with zero attached hydrogens (tertiary/aromatic N) is 2. The van der Waals surface area contributed by atoms with Crippen LogP contribution in [0.15, 0.2) is 9.21 Å². The molecule has 1 unspecified atom stereocenters. The van der Waals surface area contributed by atoms with Gasteiger partial charge in [-0.25, -0.2) is 9.97 Å². The highest BCUT2D eigenvalue weighted by Crippen LogP contribution is 2.28. The number of aliphatic hydroxyl groups is 1. The number of carbonyl (C=O) groups is 1. The van der Waals surface area contributed by atoms with E-state index in [1.807, 2.05) is 13.8 Å². The van der Waals surface area contributed by atoms with E-state index in [0.29, 0.717) is 9.48 Å². The van der Waals surface area contributed by atoms with Crippen molar-refractivity contribution >= 4 is 60.8 Å². The molecule has 1 N–H and O–H groups in total. The van der Waals surface area contributed by atoms with Crippen molar-refractivity contribution in [3.05, 3.63) is 29.0 Å². The number of thiazole rings is 2. The van der Waals surface area contributed by atoms with E-state index in [0.717, 1.165) is 25.8 Å². The minimum absolute atomic E-state index is 0.416. The number of aryl methyl sites for hydroxylation is 2. The van der Waals surface area contributed by atoms with E-state index in [2.05, 4.69) is 41.8 Å². The fourth-order valence-electron chi connectivity index (χ4n) is 1.17. The van der Waals surface area contributed by atoms with E-state index in [1.54, 1.807) is 6.92 Å². The Kier molecular flexibility index (Phi) is 6.75. The Balaban J connectivity index is 0.000000191. The monoisotopic (exact) mass is 426 g/mol. The maximum Gasteiger partial charge on any atom is 0.162 e. The number of hydrogen-bond donors (Lipinski definition) is 1. The van der Waals surface area contributed by atoms with Crippen LogP contribution in [-0.2, 0) is 0 Å². The molecule has 0 amide bonds. The van der Waals surface area contributed by atoms with Crippen molar-refractivity contribution in [1.82, 2.24) is 9.97 Å². The second kappa shape index (κ2) is 7.58. The molecule has 2 rings (SSSR count). The molecule has 8 heteroatoms. The molecule has 19 heavy (non-hydrogen) atoms. The normalized spacial score (nSPS) is 11.7. The Morgan fingerprint density at radius 1 is 1.16 bits per heavy atom. The van der Waals surface area contributed by atoms with Gasteiger partial charge in [0, 0.05) is 0 Å². The zero-order chi connectivity index (χ0) is 14.6. The highest BCUT2D eigenvalue weighted by Gasteiger charge is 2.10. The summed E-state index contributed by atoms with van der Waals surface area (Å²) in [5, 5.41) is 11.0. The van der Waals surface area contributed by atoms with Gasteiger partial charge in [-0.1, -0.05) is 0 Å². The van der Waals surface area contributed by atoms with Crippen molar-refractivity contribution in [2.75, 3.05) is 0 Å². The lowest BCUT2D eigenvalue weighted by molar-refractivity contribution is 0.112. The van der Waals surface area contributed by atoms with Crippen LogP contribution < -0.4 is 0 Å². The van der Waals surface area contributed by atoms with Crippen molar-refractivity contribution in [3.8, 4) is 0 Å². The molecule has 0 saturated carbocycles. The average Bonchev–Trinajstić information content (AvgIpc) is 2.81. The van der Waals surface area contributed by atoms with Crippen LogP contribution in [0.2, 0.25) is 0 Å². The first-order valence-electron chi connectivity index (χ1n) is 5.24. The van der Waals surface area contributed by atoms with Crippen LogP contribution in [0.3, 0.4) is 0 Å². The van der Waals surface area contributed by atoms with Gasteiger partial charge in [-0.3, -0.25) is 4.79 Å². The molecule has 4 nitrogen and oxygen atoms in total. The van der Waals surface area contributed by atoms with Gasteiger partial charge in [-0.05, 0) is 52.6 Å². The SMILES string of the molecule is Cc1nc(Br)c(C(C)O)s1.Cc1nc(Br)c(C=O)s1. The Bertz CT molecular complexity index is 567. The smallest absolute Gasteiger partial charge is 0.162 e. The number of aromatic nitrogens is 2. The van der Waals surface area contributed by atoms with Gasteiger partial charge in [-0.15, -0.1) is 22.7 Å². The number of hydrogen-bond acceptors (Lipinski definition) is 6. The van der Waals surface area contributed by atoms with Crippen molar-refractivity contribution in [3.63, 3.8) is 0 Å². The van der Waals surface area contributed by atoms with Crippen LogP contribution in [-0.4, -0.2) is 21.4 Å². The Morgan fingerprint density at radius 3 is 1.89 bits per heavy atom. The van der Waals surface area contributed by atoms with Gasteiger partial charge in [0.05, 0.1) is 21.0 Å². The van der Waals surface area contributed by atoms with Crippen LogP contribution in [0.4, 0.5) is 0 Å². The molecule has 0 fully saturated rings. The molecule has 0 aliphatic carbocycles. The predicted molar refractivity (Wildman–Crippen MR) is 85.1 cm³/mol. The summed E-state index contributed by atoms with van der Waals surface area (Å²) < 4.78 is 1.42. The molecule has 0 saturated heterocycles. The number of halogens is 2. The van der Waals surface area contributed by atoms with E-state index in [1.165, 1.54) is 22.7 Å². The fourth-order valence-corrected chi connectivity index (χ4v) is 4.23. The maximum absolute atomic E-state index is 10.2. The van der Waals surface area contributed by atoms with Crippen LogP contribution in [0, 0.1) is 13.8 Å². The Morgan fingerprint density at radius 2 is 1.68 bits per heavy atom. The van der Waals surface area contributed by atoms with Gasteiger partial charge in [0.15, 0.2) is 6.29 Å². The third-order valence-electron chi connectivity index (χ3n) is 1.92. The highest BCUT2D eigenvalue weighted by atomic mass is 79.9. The lowest BCUT2D eigenvalue weighted by Crippen LogP contribution is -1.86. The van der Waals surface area contributed by atoms with Gasteiger partial charge in [0.2, 0.25) is 0 Å². The van der Waals surface area contributed by atoms with Crippen molar-refractivity contribution in [1.29, 1.82) is 0 Å². The Labute approximate surface area is 136 Å². The summed E-state index contributed by atoms with van der Waals surface area (Å²) in [5.74, 6) is 0. The number of carbonyl (C=O) groups excluding carboxylic acids is 1. The first-order chi connectivity index (χ1) is 8.85. The molecule has 2 aromatic heterocycles. The average molecular weight is 428 g/mol. The molecule has 104 valence electrons. The highest BCUT2D eigenvalue weighted by molar-refractivity contribution is 9.10. The quantitative estimate of drug-likeness (QED) is 0.726. The van der Waals surface area contributed by atoms with E-state index in [4.69, 9.17) is 5.11 Å². The Hall–Kier alpha value is -0.150. The summed E-state index contributed by atoms with van der Waals surface area (Å²) >= 11 is 9.31. The minimum Gasteiger partial charge on any atom is -0.388 e. The largest absolute Gasteiger partial charge is 0.388 e. The van der Waals surface area contributed by atoms with Crippen LogP contribution in [0.25, 0.3) is 0 Å². The second-order valence-electron chi connectivity index (χ2n) is 3.57. The van der Waals surface area contributed by atoms with Gasteiger partial charge in [0.1, 0.15) is 14.1 Å². The molecule has 0 bridgehead atoms. The molecule has 1 atom stereocenters. The second-order valence-corrected chi connectivity index (χ2v) is 7.54. The van der Waals surface area contributed by atoms with Crippen molar-refractivity contribution in [2.24, 2.45) is 0 Å². The van der Waals surface area contributed by atoms with Crippen LogP contribution >= 0.6 is 54.5 Å². The fraction of sp³-hybridized carbons (Fsp3) is 0.364. The van der Waals surface area contributed by atoms with E-state index < -0.39 is 6.10 Å². The summed E-state index contributed by atoms with van der Waals surface area (Å²) in [7, 11) is 0. The van der Waals surface area contributed by atoms with Gasteiger partial charge in [0.25, 0.3) is 0 Å². The number of rotatable bonds is 2. The summed E-state index contributed by atoms with van der Waals surface area (Å²) in [6, 6.07) is 0. The van der Waals surface area contributed by atoms with E-state index in [9.17, 15) is 4.79 Å². The van der Waals surface area contributed by atoms with E-state index in [-0.39, 0.29) is 0 Å². The summed E-state index contributed by atoms with van der Waals surface area (Å²) in [5.41, 5.74) is 0. The van der Waals surface area contributed by atoms with Gasteiger partial charge >= 0.3 is 0 Å². The lowest BCUT2D eigenvalue weighted by Gasteiger charge is -1.97. The van der Waals surface area contributed by atoms with Gasteiger partial charge < -0.3 is 5.11 Å².